The van der Waals surface area contributed by atoms with Crippen LogP contribution in [0, 0.1) is 6.92 Å². The lowest BCUT2D eigenvalue weighted by Crippen LogP contribution is -2.54. The zero-order valence-corrected chi connectivity index (χ0v) is 17.7. The van der Waals surface area contributed by atoms with E-state index in [1.165, 1.54) is 4.90 Å². The first-order valence-electron chi connectivity index (χ1n) is 10.1. The van der Waals surface area contributed by atoms with E-state index < -0.39 is 29.7 Å². The molecule has 12 nitrogen and oxygen atoms in total. The molecule has 1 N–H and O–H groups in total. The van der Waals surface area contributed by atoms with Gasteiger partial charge >= 0.3 is 0 Å². The number of likely N-dealkylation sites (N-methyl/N-ethyl adjacent to an activating group) is 1. The van der Waals surface area contributed by atoms with E-state index in [2.05, 4.69) is 20.4 Å². The second-order valence-corrected chi connectivity index (χ2v) is 7.79. The number of amides is 4. The van der Waals surface area contributed by atoms with E-state index in [1.807, 2.05) is 0 Å². The number of carbonyl (C=O) groups is 4. The van der Waals surface area contributed by atoms with Gasteiger partial charge in [0.2, 0.25) is 23.5 Å². The number of aromatic nitrogens is 3. The fraction of sp³-hybridized carbons (Fsp3) is 0.286. The second kappa shape index (κ2) is 7.65. The Morgan fingerprint density at radius 1 is 1.21 bits per heavy atom. The molecule has 0 spiro atoms. The molecule has 33 heavy (non-hydrogen) atoms. The van der Waals surface area contributed by atoms with Crippen LogP contribution in [-0.2, 0) is 25.7 Å². The summed E-state index contributed by atoms with van der Waals surface area (Å²) in [5, 5.41) is 6.14. The number of aryl methyl sites for hydroxylation is 1. The van der Waals surface area contributed by atoms with E-state index in [9.17, 15) is 19.2 Å². The summed E-state index contributed by atoms with van der Waals surface area (Å²) in [6.07, 6.45) is 1.31. The third-order valence-electron chi connectivity index (χ3n) is 5.46. The van der Waals surface area contributed by atoms with Crippen molar-refractivity contribution in [2.75, 3.05) is 7.05 Å². The van der Waals surface area contributed by atoms with Gasteiger partial charge in [-0.25, -0.2) is 4.98 Å². The quantitative estimate of drug-likeness (QED) is 0.549. The number of rotatable bonds is 5. The topological polar surface area (TPSA) is 152 Å². The maximum Gasteiger partial charge on any atom is 0.277 e. The smallest absolute Gasteiger partial charge is 0.277 e. The van der Waals surface area contributed by atoms with Gasteiger partial charge in [0.25, 0.3) is 11.8 Å². The molecule has 0 radical (unpaired) electrons. The van der Waals surface area contributed by atoms with Crippen LogP contribution in [0.3, 0.4) is 0 Å². The maximum absolute atomic E-state index is 12.9. The standard InChI is InChI=1S/C21H18N6O6/c1-10-22-12-7-11(3-5-15(12)32-10)19-24-17(33-25-19)9-26(2)14-8-18(29)27(21(14)31)13-4-6-16(28)23-20(13)30/h3,5,7-8,13H,4,6,9H2,1-2H3,(H,23,28,30). The van der Waals surface area contributed by atoms with Crippen LogP contribution in [0.5, 0.6) is 0 Å². The van der Waals surface area contributed by atoms with Crippen molar-refractivity contribution in [3.05, 3.63) is 41.8 Å². The summed E-state index contributed by atoms with van der Waals surface area (Å²) >= 11 is 0. The summed E-state index contributed by atoms with van der Waals surface area (Å²) in [4.78, 5) is 59.8. The molecule has 3 aromatic rings. The Labute approximate surface area is 186 Å². The van der Waals surface area contributed by atoms with Crippen molar-refractivity contribution in [1.29, 1.82) is 0 Å². The summed E-state index contributed by atoms with van der Waals surface area (Å²) in [5.74, 6) is -1.20. The van der Waals surface area contributed by atoms with Gasteiger partial charge in [0.15, 0.2) is 11.5 Å². The number of benzene rings is 1. The van der Waals surface area contributed by atoms with E-state index >= 15 is 0 Å². The monoisotopic (exact) mass is 450 g/mol. The third kappa shape index (κ3) is 3.64. The van der Waals surface area contributed by atoms with Crippen LogP contribution in [0.1, 0.15) is 24.6 Å². The molecule has 4 amide bonds. The molecule has 1 aromatic carbocycles. The van der Waals surface area contributed by atoms with Gasteiger partial charge in [-0.2, -0.15) is 4.98 Å². The summed E-state index contributed by atoms with van der Waals surface area (Å²) in [5.41, 5.74) is 2.09. The minimum Gasteiger partial charge on any atom is -0.441 e. The molecular formula is C21H18N6O6. The van der Waals surface area contributed by atoms with Gasteiger partial charge < -0.3 is 13.8 Å². The molecule has 1 atom stereocenters. The maximum atomic E-state index is 12.9. The van der Waals surface area contributed by atoms with E-state index in [1.54, 1.807) is 32.2 Å². The first-order valence-corrected chi connectivity index (χ1v) is 10.1. The lowest BCUT2D eigenvalue weighted by molar-refractivity contribution is -0.150. The lowest BCUT2D eigenvalue weighted by atomic mass is 10.0. The van der Waals surface area contributed by atoms with Gasteiger partial charge in [0, 0.05) is 32.0 Å². The van der Waals surface area contributed by atoms with Gasteiger partial charge in [-0.15, -0.1) is 0 Å². The van der Waals surface area contributed by atoms with Gasteiger partial charge in [-0.05, 0) is 24.6 Å². The lowest BCUT2D eigenvalue weighted by Gasteiger charge is -2.29. The number of carbonyl (C=O) groups excluding carboxylic acids is 4. The van der Waals surface area contributed by atoms with Crippen LogP contribution in [0.4, 0.5) is 0 Å². The number of nitrogens with zero attached hydrogens (tertiary/aromatic N) is 5. The molecule has 2 aliphatic heterocycles. The van der Waals surface area contributed by atoms with Crippen molar-refractivity contribution in [3.63, 3.8) is 0 Å². The molecule has 168 valence electrons. The van der Waals surface area contributed by atoms with Crippen LogP contribution in [0.15, 0.2) is 38.9 Å². The fourth-order valence-electron chi connectivity index (χ4n) is 3.87. The van der Waals surface area contributed by atoms with Crippen molar-refractivity contribution in [2.45, 2.75) is 32.4 Å². The number of nitrogens with one attached hydrogen (secondary N) is 1. The number of imide groups is 2. The van der Waals surface area contributed by atoms with Crippen LogP contribution in [0.25, 0.3) is 22.5 Å². The first-order chi connectivity index (χ1) is 15.8. The predicted molar refractivity (Wildman–Crippen MR) is 110 cm³/mol. The summed E-state index contributed by atoms with van der Waals surface area (Å²) in [6.45, 7) is 1.82. The van der Waals surface area contributed by atoms with E-state index in [4.69, 9.17) is 8.94 Å². The SMILES string of the molecule is Cc1nc2cc(-c3noc(CN(C)C4=CC(=O)N(C5CCC(=O)NC5=O)C4=O)n3)ccc2o1. The molecule has 0 bridgehead atoms. The number of oxazole rings is 1. The van der Waals surface area contributed by atoms with Gasteiger partial charge in [0.05, 0.1) is 6.54 Å². The summed E-state index contributed by atoms with van der Waals surface area (Å²) in [6, 6.07) is 4.31. The second-order valence-electron chi connectivity index (χ2n) is 7.79. The number of hydrogen-bond donors (Lipinski definition) is 1. The molecular weight excluding hydrogens is 432 g/mol. The molecule has 1 unspecified atom stereocenters. The Morgan fingerprint density at radius 3 is 2.82 bits per heavy atom. The Balaban J connectivity index is 1.30. The highest BCUT2D eigenvalue weighted by Gasteiger charge is 2.43. The van der Waals surface area contributed by atoms with Gasteiger partial charge in [0.1, 0.15) is 17.3 Å². The highest BCUT2D eigenvalue weighted by molar-refractivity contribution is 6.18. The van der Waals surface area contributed by atoms with Crippen molar-refractivity contribution < 1.29 is 28.1 Å². The van der Waals surface area contributed by atoms with Crippen molar-refractivity contribution in [1.82, 2.24) is 30.2 Å². The molecule has 1 fully saturated rings. The minimum absolute atomic E-state index is 0.0586. The van der Waals surface area contributed by atoms with Crippen LogP contribution in [-0.4, -0.2) is 61.6 Å². The van der Waals surface area contributed by atoms with Crippen molar-refractivity contribution in [3.8, 4) is 11.4 Å². The molecule has 2 aliphatic rings. The molecule has 1 saturated heterocycles. The van der Waals surface area contributed by atoms with Gasteiger partial charge in [-0.1, -0.05) is 5.16 Å². The minimum atomic E-state index is -1.02. The first kappa shape index (κ1) is 20.5. The molecule has 2 aromatic heterocycles. The van der Waals surface area contributed by atoms with E-state index in [0.717, 1.165) is 11.0 Å². The normalized spacial score (nSPS) is 18.8. The highest BCUT2D eigenvalue weighted by atomic mass is 16.5. The van der Waals surface area contributed by atoms with Crippen molar-refractivity contribution in [2.24, 2.45) is 0 Å². The van der Waals surface area contributed by atoms with Crippen LogP contribution >= 0.6 is 0 Å². The zero-order valence-electron chi connectivity index (χ0n) is 17.7. The molecule has 0 aliphatic carbocycles. The number of fused-ring (bicyclic) bond motifs is 1. The number of piperidine rings is 1. The highest BCUT2D eigenvalue weighted by Crippen LogP contribution is 2.25. The average Bonchev–Trinajstić information content (AvgIpc) is 3.45. The molecule has 0 saturated carbocycles. The summed E-state index contributed by atoms with van der Waals surface area (Å²) in [7, 11) is 1.60. The predicted octanol–water partition coefficient (Wildman–Crippen LogP) is 0.676. The Bertz CT molecular complexity index is 1350. The van der Waals surface area contributed by atoms with Gasteiger partial charge in [-0.3, -0.25) is 29.4 Å². The average molecular weight is 450 g/mol. The Kier molecular flexibility index (Phi) is 4.77. The largest absolute Gasteiger partial charge is 0.441 e. The van der Waals surface area contributed by atoms with Crippen LogP contribution < -0.4 is 5.32 Å². The van der Waals surface area contributed by atoms with E-state index in [0.29, 0.717) is 28.4 Å². The molecule has 12 heteroatoms. The Hall–Kier alpha value is -4.35. The summed E-state index contributed by atoms with van der Waals surface area (Å²) < 4.78 is 10.8. The zero-order chi connectivity index (χ0) is 23.3. The fourth-order valence-corrected chi connectivity index (χ4v) is 3.87. The molecule has 4 heterocycles. The third-order valence-corrected chi connectivity index (χ3v) is 5.46. The number of hydrogen-bond acceptors (Lipinski definition) is 10. The van der Waals surface area contributed by atoms with E-state index in [-0.39, 0.29) is 31.0 Å². The Morgan fingerprint density at radius 2 is 2.03 bits per heavy atom. The van der Waals surface area contributed by atoms with Crippen LogP contribution in [0.2, 0.25) is 0 Å². The van der Waals surface area contributed by atoms with Crippen molar-refractivity contribution >= 4 is 34.7 Å². The molecule has 5 rings (SSSR count).